The summed E-state index contributed by atoms with van der Waals surface area (Å²) in [6, 6.07) is 25.2. The van der Waals surface area contributed by atoms with Gasteiger partial charge in [-0.2, -0.15) is 0 Å². The maximum absolute atomic E-state index is 10.5. The first-order chi connectivity index (χ1) is 13.7. The Bertz CT molecular complexity index is 896. The largest absolute Gasteiger partial charge is 0.489 e. The van der Waals surface area contributed by atoms with Crippen LogP contribution in [0.1, 0.15) is 17.5 Å². The first kappa shape index (κ1) is 19.5. The van der Waals surface area contributed by atoms with Crippen molar-refractivity contribution in [1.82, 2.24) is 5.32 Å². The van der Waals surface area contributed by atoms with Crippen LogP contribution in [0.3, 0.4) is 0 Å². The predicted octanol–water partition coefficient (Wildman–Crippen LogP) is 4.62. The Balaban J connectivity index is 1.53. The van der Waals surface area contributed by atoms with Crippen molar-refractivity contribution in [2.45, 2.75) is 19.6 Å². The maximum Gasteiger partial charge on any atom is 0.304 e. The smallest absolute Gasteiger partial charge is 0.304 e. The van der Waals surface area contributed by atoms with E-state index in [1.54, 1.807) is 0 Å². The van der Waals surface area contributed by atoms with E-state index in [9.17, 15) is 4.79 Å². The van der Waals surface area contributed by atoms with Crippen LogP contribution in [0.4, 0.5) is 0 Å². The van der Waals surface area contributed by atoms with Gasteiger partial charge in [-0.25, -0.2) is 0 Å². The Hall–Kier alpha value is -3.31. The molecule has 2 N–H and O–H groups in total. The Morgan fingerprint density at radius 3 is 2.29 bits per heavy atom. The van der Waals surface area contributed by atoms with Crippen molar-refractivity contribution in [2.75, 3.05) is 6.54 Å². The summed E-state index contributed by atoms with van der Waals surface area (Å²) in [7, 11) is 0. The van der Waals surface area contributed by atoms with E-state index in [2.05, 4.69) is 5.32 Å². The third-order valence-corrected chi connectivity index (χ3v) is 4.03. The first-order valence-corrected chi connectivity index (χ1v) is 9.15. The normalized spacial score (nSPS) is 10.4. The van der Waals surface area contributed by atoms with E-state index in [4.69, 9.17) is 14.6 Å². The molecule has 0 unspecified atom stereocenters. The molecule has 0 spiro atoms. The molecule has 5 nitrogen and oxygen atoms in total. The van der Waals surface area contributed by atoms with E-state index in [-0.39, 0.29) is 6.42 Å². The molecule has 0 radical (unpaired) electrons. The molecule has 0 saturated heterocycles. The third kappa shape index (κ3) is 6.45. The van der Waals surface area contributed by atoms with Crippen LogP contribution in [0, 0.1) is 0 Å². The summed E-state index contributed by atoms with van der Waals surface area (Å²) < 4.78 is 11.8. The summed E-state index contributed by atoms with van der Waals surface area (Å²) in [6.07, 6.45) is 0.109. The number of carbonyl (C=O) groups is 1. The van der Waals surface area contributed by atoms with E-state index in [0.717, 1.165) is 28.4 Å². The van der Waals surface area contributed by atoms with Crippen LogP contribution in [0.25, 0.3) is 0 Å². The molecule has 144 valence electrons. The van der Waals surface area contributed by atoms with Crippen molar-refractivity contribution in [2.24, 2.45) is 0 Å². The van der Waals surface area contributed by atoms with Gasteiger partial charge in [0, 0.05) is 13.1 Å². The zero-order valence-electron chi connectivity index (χ0n) is 15.5. The standard InChI is InChI=1S/C23H23NO4/c25-23(26)12-13-24-16-18-6-4-10-21(14-18)27-17-19-7-5-11-22(15-19)28-20-8-2-1-3-9-20/h1-11,14-15,24H,12-13,16-17H2,(H,25,26). The van der Waals surface area contributed by atoms with E-state index >= 15 is 0 Å². The van der Waals surface area contributed by atoms with Gasteiger partial charge in [-0.3, -0.25) is 4.79 Å². The second kappa shape index (κ2) is 10.1. The highest BCUT2D eigenvalue weighted by Gasteiger charge is 2.02. The molecule has 0 amide bonds. The van der Waals surface area contributed by atoms with Crippen molar-refractivity contribution in [3.8, 4) is 17.2 Å². The minimum atomic E-state index is -0.803. The number of carboxylic acids is 1. The number of ether oxygens (including phenoxy) is 2. The SMILES string of the molecule is O=C(O)CCNCc1cccc(OCc2cccc(Oc3ccccc3)c2)c1. The summed E-state index contributed by atoms with van der Waals surface area (Å²) >= 11 is 0. The van der Waals surface area contributed by atoms with Crippen molar-refractivity contribution in [1.29, 1.82) is 0 Å². The van der Waals surface area contributed by atoms with Crippen LogP contribution in [0.5, 0.6) is 17.2 Å². The lowest BCUT2D eigenvalue weighted by molar-refractivity contribution is -0.136. The lowest BCUT2D eigenvalue weighted by Crippen LogP contribution is -2.17. The summed E-state index contributed by atoms with van der Waals surface area (Å²) in [5.74, 6) is 1.53. The summed E-state index contributed by atoms with van der Waals surface area (Å²) in [4.78, 5) is 10.5. The van der Waals surface area contributed by atoms with Gasteiger partial charge in [-0.1, -0.05) is 42.5 Å². The fraction of sp³-hybridized carbons (Fsp3) is 0.174. The van der Waals surface area contributed by atoms with E-state index in [1.165, 1.54) is 0 Å². The van der Waals surface area contributed by atoms with Crippen LogP contribution in [0.2, 0.25) is 0 Å². The molecule has 3 aromatic rings. The van der Waals surface area contributed by atoms with Gasteiger partial charge in [-0.05, 0) is 47.5 Å². The number of nitrogens with one attached hydrogen (secondary N) is 1. The van der Waals surface area contributed by atoms with E-state index < -0.39 is 5.97 Å². The predicted molar refractivity (Wildman–Crippen MR) is 108 cm³/mol. The van der Waals surface area contributed by atoms with E-state index in [0.29, 0.717) is 19.7 Å². The van der Waals surface area contributed by atoms with Crippen LogP contribution >= 0.6 is 0 Å². The summed E-state index contributed by atoms with van der Waals surface area (Å²) in [5, 5.41) is 11.8. The van der Waals surface area contributed by atoms with Gasteiger partial charge in [0.25, 0.3) is 0 Å². The van der Waals surface area contributed by atoms with Gasteiger partial charge in [0.05, 0.1) is 6.42 Å². The van der Waals surface area contributed by atoms with E-state index in [1.807, 2.05) is 78.9 Å². The number of benzene rings is 3. The highest BCUT2D eigenvalue weighted by Crippen LogP contribution is 2.23. The molecule has 0 aliphatic heterocycles. The fourth-order valence-corrected chi connectivity index (χ4v) is 2.66. The lowest BCUT2D eigenvalue weighted by atomic mass is 10.2. The molecule has 0 fully saturated rings. The van der Waals surface area contributed by atoms with Crippen molar-refractivity contribution in [3.63, 3.8) is 0 Å². The van der Waals surface area contributed by atoms with Crippen LogP contribution in [-0.4, -0.2) is 17.6 Å². The van der Waals surface area contributed by atoms with Crippen molar-refractivity contribution >= 4 is 5.97 Å². The molecule has 5 heteroatoms. The summed E-state index contributed by atoms with van der Waals surface area (Å²) in [6.45, 7) is 1.47. The minimum Gasteiger partial charge on any atom is -0.489 e. The van der Waals surface area contributed by atoms with Gasteiger partial charge in [0.15, 0.2) is 0 Å². The van der Waals surface area contributed by atoms with Crippen LogP contribution in [0.15, 0.2) is 78.9 Å². The number of aliphatic carboxylic acids is 1. The quantitative estimate of drug-likeness (QED) is 0.505. The highest BCUT2D eigenvalue weighted by molar-refractivity contribution is 5.66. The Labute approximate surface area is 164 Å². The van der Waals surface area contributed by atoms with Crippen LogP contribution < -0.4 is 14.8 Å². The van der Waals surface area contributed by atoms with Gasteiger partial charge < -0.3 is 19.9 Å². The molecule has 0 aromatic heterocycles. The number of hydrogen-bond donors (Lipinski definition) is 2. The molecule has 0 aliphatic rings. The monoisotopic (exact) mass is 377 g/mol. The van der Waals surface area contributed by atoms with Gasteiger partial charge >= 0.3 is 5.97 Å². The third-order valence-electron chi connectivity index (χ3n) is 4.03. The molecule has 3 aromatic carbocycles. The molecule has 28 heavy (non-hydrogen) atoms. The first-order valence-electron chi connectivity index (χ1n) is 9.15. The number of carboxylic acid groups (broad SMARTS) is 1. The average molecular weight is 377 g/mol. The minimum absolute atomic E-state index is 0.109. The Kier molecular flexibility index (Phi) is 7.04. The number of hydrogen-bond acceptors (Lipinski definition) is 4. The molecule has 0 aliphatic carbocycles. The van der Waals surface area contributed by atoms with Gasteiger partial charge in [-0.15, -0.1) is 0 Å². The molecular formula is C23H23NO4. The van der Waals surface area contributed by atoms with Gasteiger partial charge in [0.1, 0.15) is 23.9 Å². The molecule has 3 rings (SSSR count). The van der Waals surface area contributed by atoms with Crippen LogP contribution in [-0.2, 0) is 17.9 Å². The number of para-hydroxylation sites is 1. The van der Waals surface area contributed by atoms with Crippen molar-refractivity contribution in [3.05, 3.63) is 90.0 Å². The molecule has 0 bridgehead atoms. The molecule has 0 heterocycles. The second-order valence-electron chi connectivity index (χ2n) is 6.32. The maximum atomic E-state index is 10.5. The average Bonchev–Trinajstić information content (AvgIpc) is 2.71. The molecule has 0 atom stereocenters. The van der Waals surface area contributed by atoms with Gasteiger partial charge in [0.2, 0.25) is 0 Å². The second-order valence-corrected chi connectivity index (χ2v) is 6.32. The zero-order chi connectivity index (χ0) is 19.6. The lowest BCUT2D eigenvalue weighted by Gasteiger charge is -2.10. The molecular weight excluding hydrogens is 354 g/mol. The summed E-state index contributed by atoms with van der Waals surface area (Å²) in [5.41, 5.74) is 2.06. The molecule has 0 saturated carbocycles. The fourth-order valence-electron chi connectivity index (χ4n) is 2.66. The highest BCUT2D eigenvalue weighted by atomic mass is 16.5. The van der Waals surface area contributed by atoms with Crippen molar-refractivity contribution < 1.29 is 19.4 Å². The Morgan fingerprint density at radius 1 is 0.821 bits per heavy atom. The Morgan fingerprint density at radius 2 is 1.50 bits per heavy atom. The zero-order valence-corrected chi connectivity index (χ0v) is 15.5. The topological polar surface area (TPSA) is 67.8 Å². The number of rotatable bonds is 10.